The average molecular weight is 242 g/mol. The highest BCUT2D eigenvalue weighted by atomic mass is 32.2. The van der Waals surface area contributed by atoms with Gasteiger partial charge in [-0.05, 0) is 18.2 Å². The maximum absolute atomic E-state index is 12.9. The first-order valence-electron chi connectivity index (χ1n) is 4.65. The van der Waals surface area contributed by atoms with Crippen LogP contribution in [0.1, 0.15) is 6.92 Å². The zero-order valence-corrected chi connectivity index (χ0v) is 9.54. The molecule has 1 aromatic carbocycles. The Morgan fingerprint density at radius 3 is 2.69 bits per heavy atom. The summed E-state index contributed by atoms with van der Waals surface area (Å²) < 4.78 is 37.7. The fourth-order valence-corrected chi connectivity index (χ4v) is 2.60. The van der Waals surface area contributed by atoms with E-state index in [9.17, 15) is 12.8 Å². The van der Waals surface area contributed by atoms with Gasteiger partial charge in [-0.3, -0.25) is 0 Å². The third kappa shape index (κ3) is 2.56. The van der Waals surface area contributed by atoms with Crippen molar-refractivity contribution in [2.24, 2.45) is 0 Å². The molecule has 0 bridgehead atoms. The van der Waals surface area contributed by atoms with E-state index < -0.39 is 15.8 Å². The molecule has 0 aliphatic rings. The minimum absolute atomic E-state index is 0.135. The maximum Gasteiger partial charge on any atom is 0.244 e. The molecule has 0 heterocycles. The molecule has 0 aliphatic carbocycles. The van der Waals surface area contributed by atoms with Gasteiger partial charge in [0.1, 0.15) is 12.4 Å². The van der Waals surface area contributed by atoms with Crippen molar-refractivity contribution in [1.82, 2.24) is 4.31 Å². The Kier molecular flexibility index (Phi) is 3.99. The molecule has 1 rings (SSSR count). The van der Waals surface area contributed by atoms with Gasteiger partial charge in [0.25, 0.3) is 0 Å². The Balaban J connectivity index is 3.16. The first-order valence-corrected chi connectivity index (χ1v) is 6.09. The van der Waals surface area contributed by atoms with Gasteiger partial charge in [0.05, 0.1) is 11.0 Å². The Hall–Kier alpha value is -1.45. The molecule has 0 aliphatic heterocycles. The molecule has 4 nitrogen and oxygen atoms in total. The Morgan fingerprint density at radius 1 is 1.50 bits per heavy atom. The van der Waals surface area contributed by atoms with Crippen LogP contribution in [-0.2, 0) is 10.0 Å². The number of sulfonamides is 1. The summed E-state index contributed by atoms with van der Waals surface area (Å²) in [4.78, 5) is -0.135. The molecule has 0 spiro atoms. The van der Waals surface area contributed by atoms with Crippen molar-refractivity contribution in [3.63, 3.8) is 0 Å². The monoisotopic (exact) mass is 242 g/mol. The van der Waals surface area contributed by atoms with Crippen LogP contribution < -0.4 is 0 Å². The Bertz CT molecular complexity index is 508. The third-order valence-corrected chi connectivity index (χ3v) is 3.95. The van der Waals surface area contributed by atoms with Gasteiger partial charge in [-0.25, -0.2) is 12.8 Å². The van der Waals surface area contributed by atoms with Crippen LogP contribution in [0.4, 0.5) is 4.39 Å². The zero-order valence-electron chi connectivity index (χ0n) is 8.72. The molecule has 16 heavy (non-hydrogen) atoms. The summed E-state index contributed by atoms with van der Waals surface area (Å²) in [5.74, 6) is -0.617. The summed E-state index contributed by atoms with van der Waals surface area (Å²) >= 11 is 0. The van der Waals surface area contributed by atoms with E-state index in [0.29, 0.717) is 0 Å². The minimum atomic E-state index is -3.76. The molecule has 0 saturated carbocycles. The van der Waals surface area contributed by atoms with Crippen LogP contribution in [0.5, 0.6) is 0 Å². The van der Waals surface area contributed by atoms with Crippen LogP contribution in [0.25, 0.3) is 0 Å². The topological polar surface area (TPSA) is 61.2 Å². The third-order valence-electron chi connectivity index (χ3n) is 2.03. The predicted molar refractivity (Wildman–Crippen MR) is 56.4 cm³/mol. The summed E-state index contributed by atoms with van der Waals surface area (Å²) in [7, 11) is -3.76. The summed E-state index contributed by atoms with van der Waals surface area (Å²) in [6.07, 6.45) is 0. The lowest BCUT2D eigenvalue weighted by molar-refractivity contribution is 0.462. The van der Waals surface area contributed by atoms with Crippen LogP contribution in [0.3, 0.4) is 0 Å². The van der Waals surface area contributed by atoms with Gasteiger partial charge in [-0.2, -0.15) is 9.57 Å². The molecule has 6 heteroatoms. The molecule has 86 valence electrons. The standard InChI is InChI=1S/C10H11FN2O2S/c1-2-13(7-6-12)16(14,15)10-5-3-4-9(11)8-10/h3-5,8H,2,7H2,1H3. The lowest BCUT2D eigenvalue weighted by atomic mass is 10.4. The molecule has 0 aromatic heterocycles. The smallest absolute Gasteiger partial charge is 0.207 e. The van der Waals surface area contributed by atoms with Crippen molar-refractivity contribution in [2.75, 3.05) is 13.1 Å². The van der Waals surface area contributed by atoms with Crippen molar-refractivity contribution < 1.29 is 12.8 Å². The molecular formula is C10H11FN2O2S. The largest absolute Gasteiger partial charge is 0.244 e. The SMILES string of the molecule is CCN(CC#N)S(=O)(=O)c1cccc(F)c1. The van der Waals surface area contributed by atoms with Gasteiger partial charge >= 0.3 is 0 Å². The zero-order chi connectivity index (χ0) is 12.2. The lowest BCUT2D eigenvalue weighted by Gasteiger charge is -2.16. The van der Waals surface area contributed by atoms with E-state index in [0.717, 1.165) is 10.4 Å². The molecule has 0 amide bonds. The highest BCUT2D eigenvalue weighted by Gasteiger charge is 2.22. The summed E-state index contributed by atoms with van der Waals surface area (Å²) in [6, 6.07) is 6.49. The van der Waals surface area contributed by atoms with Crippen LogP contribution in [0, 0.1) is 17.1 Å². The molecule has 0 fully saturated rings. The normalized spacial score (nSPS) is 11.4. The van der Waals surface area contributed by atoms with E-state index >= 15 is 0 Å². The summed E-state index contributed by atoms with van der Waals surface area (Å²) in [5, 5.41) is 8.50. The van der Waals surface area contributed by atoms with Crippen molar-refractivity contribution >= 4 is 10.0 Å². The first-order chi connectivity index (χ1) is 7.52. The number of benzene rings is 1. The molecule has 0 N–H and O–H groups in total. The highest BCUT2D eigenvalue weighted by molar-refractivity contribution is 7.89. The van der Waals surface area contributed by atoms with Crippen LogP contribution in [0.15, 0.2) is 29.2 Å². The van der Waals surface area contributed by atoms with E-state index in [1.165, 1.54) is 18.2 Å². The molecule has 0 atom stereocenters. The van der Waals surface area contributed by atoms with Crippen LogP contribution in [0.2, 0.25) is 0 Å². The number of hydrogen-bond acceptors (Lipinski definition) is 3. The van der Waals surface area contributed by atoms with Gasteiger partial charge in [-0.15, -0.1) is 0 Å². The number of halogens is 1. The second kappa shape index (κ2) is 5.05. The van der Waals surface area contributed by atoms with Gasteiger partial charge in [-0.1, -0.05) is 13.0 Å². The van der Waals surface area contributed by atoms with Crippen molar-refractivity contribution in [3.05, 3.63) is 30.1 Å². The number of nitriles is 1. The summed E-state index contributed by atoms with van der Waals surface area (Å²) in [5.41, 5.74) is 0. The second-order valence-electron chi connectivity index (χ2n) is 3.05. The highest BCUT2D eigenvalue weighted by Crippen LogP contribution is 2.15. The molecular weight excluding hydrogens is 231 g/mol. The first kappa shape index (κ1) is 12.6. The van der Waals surface area contributed by atoms with E-state index in [-0.39, 0.29) is 18.0 Å². The average Bonchev–Trinajstić information content (AvgIpc) is 2.25. The predicted octanol–water partition coefficient (Wildman–Crippen LogP) is 1.36. The van der Waals surface area contributed by atoms with E-state index in [2.05, 4.69) is 0 Å². The Labute approximate surface area is 94.0 Å². The lowest BCUT2D eigenvalue weighted by Crippen LogP contribution is -2.31. The van der Waals surface area contributed by atoms with Crippen LogP contribution in [-0.4, -0.2) is 25.8 Å². The molecule has 1 aromatic rings. The summed E-state index contributed by atoms with van der Waals surface area (Å²) in [6.45, 7) is 1.55. The molecule has 0 radical (unpaired) electrons. The fraction of sp³-hybridized carbons (Fsp3) is 0.300. The second-order valence-corrected chi connectivity index (χ2v) is 4.98. The maximum atomic E-state index is 12.9. The minimum Gasteiger partial charge on any atom is -0.207 e. The van der Waals surface area contributed by atoms with Gasteiger partial charge in [0, 0.05) is 6.54 Å². The van der Waals surface area contributed by atoms with Crippen molar-refractivity contribution in [1.29, 1.82) is 5.26 Å². The van der Waals surface area contributed by atoms with Crippen molar-refractivity contribution in [3.8, 4) is 6.07 Å². The number of nitrogens with zero attached hydrogens (tertiary/aromatic N) is 2. The van der Waals surface area contributed by atoms with Crippen LogP contribution >= 0.6 is 0 Å². The molecule has 0 saturated heterocycles. The number of hydrogen-bond donors (Lipinski definition) is 0. The van der Waals surface area contributed by atoms with Gasteiger partial charge in [0.2, 0.25) is 10.0 Å². The van der Waals surface area contributed by atoms with Crippen molar-refractivity contribution in [2.45, 2.75) is 11.8 Å². The van der Waals surface area contributed by atoms with Gasteiger partial charge < -0.3 is 0 Å². The van der Waals surface area contributed by atoms with E-state index in [1.54, 1.807) is 13.0 Å². The van der Waals surface area contributed by atoms with E-state index in [1.807, 2.05) is 0 Å². The Morgan fingerprint density at radius 2 is 2.19 bits per heavy atom. The van der Waals surface area contributed by atoms with Gasteiger partial charge in [0.15, 0.2) is 0 Å². The van der Waals surface area contributed by atoms with E-state index in [4.69, 9.17) is 5.26 Å². The number of rotatable bonds is 4. The molecule has 0 unspecified atom stereocenters. The quantitative estimate of drug-likeness (QED) is 0.749. The fourth-order valence-electron chi connectivity index (χ4n) is 1.22.